The van der Waals surface area contributed by atoms with E-state index in [1.807, 2.05) is 25.7 Å². The lowest BCUT2D eigenvalue weighted by Gasteiger charge is -2.43. The van der Waals surface area contributed by atoms with Crippen LogP contribution in [0.5, 0.6) is 0 Å². The van der Waals surface area contributed by atoms with Gasteiger partial charge in [-0.3, -0.25) is 0 Å². The Hall–Kier alpha value is -0.810. The van der Waals surface area contributed by atoms with Crippen LogP contribution in [0.2, 0.25) is 0 Å². The SMILES string of the molecule is CC1CC(NC2CCCN(C(=O)OC(C)(C)C)C2C)CC(C)O1. The molecule has 5 heteroatoms. The smallest absolute Gasteiger partial charge is 0.410 e. The van der Waals surface area contributed by atoms with Crippen molar-refractivity contribution in [1.29, 1.82) is 0 Å². The van der Waals surface area contributed by atoms with Crippen LogP contribution >= 0.6 is 0 Å². The van der Waals surface area contributed by atoms with Gasteiger partial charge in [-0.2, -0.15) is 0 Å². The highest BCUT2D eigenvalue weighted by Crippen LogP contribution is 2.24. The highest BCUT2D eigenvalue weighted by atomic mass is 16.6. The summed E-state index contributed by atoms with van der Waals surface area (Å²) in [6, 6.07) is 0.964. The van der Waals surface area contributed by atoms with Crippen molar-refractivity contribution in [3.63, 3.8) is 0 Å². The number of ether oxygens (including phenoxy) is 2. The van der Waals surface area contributed by atoms with Crippen molar-refractivity contribution in [1.82, 2.24) is 10.2 Å². The van der Waals surface area contributed by atoms with E-state index >= 15 is 0 Å². The first kappa shape index (κ1) is 18.5. The van der Waals surface area contributed by atoms with E-state index in [4.69, 9.17) is 9.47 Å². The lowest BCUT2D eigenvalue weighted by Crippen LogP contribution is -2.58. The van der Waals surface area contributed by atoms with Gasteiger partial charge in [-0.25, -0.2) is 4.79 Å². The largest absolute Gasteiger partial charge is 0.444 e. The normalized spacial score (nSPS) is 35.9. The van der Waals surface area contributed by atoms with Gasteiger partial charge in [0.15, 0.2) is 0 Å². The van der Waals surface area contributed by atoms with Crippen LogP contribution in [0.15, 0.2) is 0 Å². The van der Waals surface area contributed by atoms with Crippen molar-refractivity contribution in [2.45, 2.75) is 103 Å². The van der Waals surface area contributed by atoms with Gasteiger partial charge in [0.2, 0.25) is 0 Å². The minimum Gasteiger partial charge on any atom is -0.444 e. The number of piperidine rings is 1. The first-order valence-electron chi connectivity index (χ1n) is 9.07. The number of carbonyl (C=O) groups is 1. The van der Waals surface area contributed by atoms with Gasteiger partial charge >= 0.3 is 6.09 Å². The molecule has 0 radical (unpaired) electrons. The molecular weight excluding hydrogens is 292 g/mol. The van der Waals surface area contributed by atoms with E-state index in [9.17, 15) is 4.79 Å². The molecule has 4 atom stereocenters. The van der Waals surface area contributed by atoms with E-state index in [2.05, 4.69) is 26.1 Å². The second kappa shape index (κ2) is 7.39. The fourth-order valence-corrected chi connectivity index (χ4v) is 3.79. The molecule has 23 heavy (non-hydrogen) atoms. The van der Waals surface area contributed by atoms with Crippen molar-refractivity contribution >= 4 is 6.09 Å². The van der Waals surface area contributed by atoms with E-state index in [-0.39, 0.29) is 12.1 Å². The molecule has 2 aliphatic rings. The van der Waals surface area contributed by atoms with Crippen molar-refractivity contribution in [3.8, 4) is 0 Å². The summed E-state index contributed by atoms with van der Waals surface area (Å²) >= 11 is 0. The van der Waals surface area contributed by atoms with E-state index in [1.165, 1.54) is 0 Å². The maximum absolute atomic E-state index is 12.4. The third-order valence-electron chi connectivity index (χ3n) is 4.76. The predicted octanol–water partition coefficient (Wildman–Crippen LogP) is 3.32. The Bertz CT molecular complexity index is 398. The molecular formula is C18H34N2O3. The number of rotatable bonds is 2. The topological polar surface area (TPSA) is 50.8 Å². The molecule has 2 fully saturated rings. The first-order valence-corrected chi connectivity index (χ1v) is 9.07. The second-order valence-corrected chi connectivity index (χ2v) is 8.26. The zero-order valence-electron chi connectivity index (χ0n) is 15.6. The maximum atomic E-state index is 12.4. The number of likely N-dealkylation sites (tertiary alicyclic amines) is 1. The molecule has 0 spiro atoms. The first-order chi connectivity index (χ1) is 10.7. The van der Waals surface area contributed by atoms with E-state index < -0.39 is 5.60 Å². The number of hydrogen-bond donors (Lipinski definition) is 1. The van der Waals surface area contributed by atoms with Crippen LogP contribution in [0.3, 0.4) is 0 Å². The number of amides is 1. The lowest BCUT2D eigenvalue weighted by atomic mass is 9.93. The molecule has 134 valence electrons. The van der Waals surface area contributed by atoms with Gasteiger partial charge in [0.25, 0.3) is 0 Å². The Morgan fingerprint density at radius 3 is 2.35 bits per heavy atom. The molecule has 1 amide bonds. The molecule has 0 aromatic rings. The number of nitrogens with one attached hydrogen (secondary N) is 1. The Kier molecular flexibility index (Phi) is 5.95. The standard InChI is InChI=1S/C18H34N2O3/c1-12-10-15(11-13(2)22-12)19-16-8-7-9-20(14(16)3)17(21)23-18(4,5)6/h12-16,19H,7-11H2,1-6H3. The number of nitrogens with zero attached hydrogens (tertiary/aromatic N) is 1. The Morgan fingerprint density at radius 1 is 1.17 bits per heavy atom. The third-order valence-corrected chi connectivity index (χ3v) is 4.76. The molecule has 0 aliphatic carbocycles. The molecule has 0 bridgehead atoms. The average Bonchev–Trinajstić information content (AvgIpc) is 2.38. The summed E-state index contributed by atoms with van der Waals surface area (Å²) in [5.74, 6) is 0. The van der Waals surface area contributed by atoms with Crippen molar-refractivity contribution in [3.05, 3.63) is 0 Å². The third kappa shape index (κ3) is 5.35. The van der Waals surface area contributed by atoms with Crippen LogP contribution in [0.4, 0.5) is 4.79 Å². The minimum absolute atomic E-state index is 0.159. The Balaban J connectivity index is 1.94. The average molecular weight is 326 g/mol. The molecule has 0 aromatic carbocycles. The summed E-state index contributed by atoms with van der Waals surface area (Å²) in [5, 5.41) is 3.79. The van der Waals surface area contributed by atoms with Crippen LogP contribution in [0.25, 0.3) is 0 Å². The van der Waals surface area contributed by atoms with Crippen LogP contribution in [0, 0.1) is 0 Å². The highest BCUT2D eigenvalue weighted by Gasteiger charge is 2.35. The lowest BCUT2D eigenvalue weighted by molar-refractivity contribution is -0.0470. The van der Waals surface area contributed by atoms with Gasteiger partial charge in [0.1, 0.15) is 5.60 Å². The molecule has 1 N–H and O–H groups in total. The molecule has 2 rings (SSSR count). The molecule has 2 heterocycles. The van der Waals surface area contributed by atoms with Crippen LogP contribution in [0.1, 0.15) is 67.2 Å². The quantitative estimate of drug-likeness (QED) is 0.846. The molecule has 5 nitrogen and oxygen atoms in total. The number of carbonyl (C=O) groups excluding carboxylic acids is 1. The maximum Gasteiger partial charge on any atom is 0.410 e. The summed E-state index contributed by atoms with van der Waals surface area (Å²) in [4.78, 5) is 14.3. The molecule has 0 aromatic heterocycles. The summed E-state index contributed by atoms with van der Waals surface area (Å²) in [6.45, 7) is 12.9. The van der Waals surface area contributed by atoms with Gasteiger partial charge in [-0.05, 0) is 67.2 Å². The van der Waals surface area contributed by atoms with Crippen molar-refractivity contribution in [2.75, 3.05) is 6.54 Å². The predicted molar refractivity (Wildman–Crippen MR) is 91.6 cm³/mol. The highest BCUT2D eigenvalue weighted by molar-refractivity contribution is 5.68. The van der Waals surface area contributed by atoms with Gasteiger partial charge in [-0.15, -0.1) is 0 Å². The number of hydrogen-bond acceptors (Lipinski definition) is 4. The van der Waals surface area contributed by atoms with Crippen molar-refractivity contribution in [2.24, 2.45) is 0 Å². The molecule has 0 saturated carbocycles. The monoisotopic (exact) mass is 326 g/mol. The molecule has 2 aliphatic heterocycles. The summed E-state index contributed by atoms with van der Waals surface area (Å²) in [5.41, 5.74) is -0.442. The summed E-state index contributed by atoms with van der Waals surface area (Å²) in [7, 11) is 0. The van der Waals surface area contributed by atoms with E-state index in [0.717, 1.165) is 32.2 Å². The van der Waals surface area contributed by atoms with Gasteiger partial charge < -0.3 is 19.7 Å². The van der Waals surface area contributed by atoms with Gasteiger partial charge in [0.05, 0.1) is 12.2 Å². The fraction of sp³-hybridized carbons (Fsp3) is 0.944. The van der Waals surface area contributed by atoms with E-state index in [1.54, 1.807) is 0 Å². The van der Waals surface area contributed by atoms with Crippen LogP contribution in [-0.2, 0) is 9.47 Å². The van der Waals surface area contributed by atoms with Gasteiger partial charge in [-0.1, -0.05) is 0 Å². The summed E-state index contributed by atoms with van der Waals surface area (Å²) in [6.07, 6.45) is 4.63. The second-order valence-electron chi connectivity index (χ2n) is 8.26. The summed E-state index contributed by atoms with van der Waals surface area (Å²) < 4.78 is 11.4. The zero-order chi connectivity index (χ0) is 17.2. The molecule has 2 saturated heterocycles. The van der Waals surface area contributed by atoms with Crippen LogP contribution in [-0.4, -0.2) is 53.5 Å². The van der Waals surface area contributed by atoms with E-state index in [0.29, 0.717) is 24.3 Å². The Morgan fingerprint density at radius 2 is 1.78 bits per heavy atom. The van der Waals surface area contributed by atoms with Crippen molar-refractivity contribution < 1.29 is 14.3 Å². The zero-order valence-corrected chi connectivity index (χ0v) is 15.6. The molecule has 4 unspecified atom stereocenters. The minimum atomic E-state index is -0.442. The Labute approximate surface area is 141 Å². The van der Waals surface area contributed by atoms with Gasteiger partial charge in [0, 0.05) is 24.7 Å². The van der Waals surface area contributed by atoms with Crippen LogP contribution < -0.4 is 5.32 Å². The fourth-order valence-electron chi connectivity index (χ4n) is 3.79.